The van der Waals surface area contributed by atoms with E-state index in [9.17, 15) is 0 Å². The Hall–Kier alpha value is -2.34. The molecule has 0 radical (unpaired) electrons. The fourth-order valence-corrected chi connectivity index (χ4v) is 2.76. The summed E-state index contributed by atoms with van der Waals surface area (Å²) in [5.41, 5.74) is 3.99. The summed E-state index contributed by atoms with van der Waals surface area (Å²) in [6.45, 7) is 4.45. The third kappa shape index (κ3) is 3.05. The minimum Gasteiger partial charge on any atom is -0.0738 e. The highest BCUT2D eigenvalue weighted by Crippen LogP contribution is 2.25. The largest absolute Gasteiger partial charge is 0.0738 e. The van der Waals surface area contributed by atoms with Gasteiger partial charge in [0.1, 0.15) is 0 Å². The minimum atomic E-state index is 0.428. The van der Waals surface area contributed by atoms with Crippen molar-refractivity contribution in [2.24, 2.45) is 0 Å². The predicted molar refractivity (Wildman–Crippen MR) is 92.5 cm³/mol. The number of benzene rings is 3. The Kier molecular flexibility index (Phi) is 3.87. The Labute approximate surface area is 126 Å². The van der Waals surface area contributed by atoms with Crippen LogP contribution in [0.15, 0.2) is 78.9 Å². The van der Waals surface area contributed by atoms with Crippen LogP contribution in [-0.4, -0.2) is 0 Å². The summed E-state index contributed by atoms with van der Waals surface area (Å²) in [5, 5.41) is 2.60. The van der Waals surface area contributed by atoms with Gasteiger partial charge in [0.25, 0.3) is 0 Å². The number of hydrogen-bond donors (Lipinski definition) is 0. The highest BCUT2D eigenvalue weighted by Gasteiger charge is 2.04. The maximum atomic E-state index is 2.35. The highest BCUT2D eigenvalue weighted by atomic mass is 14.1. The van der Waals surface area contributed by atoms with E-state index in [1.165, 1.54) is 27.5 Å². The molecule has 0 aliphatic heterocycles. The van der Waals surface area contributed by atoms with Crippen LogP contribution in [-0.2, 0) is 0 Å². The summed E-state index contributed by atoms with van der Waals surface area (Å²) in [6.07, 6.45) is 2.35. The van der Waals surface area contributed by atoms with E-state index in [1.807, 2.05) is 0 Å². The van der Waals surface area contributed by atoms with Gasteiger partial charge in [-0.15, -0.1) is 0 Å². The van der Waals surface area contributed by atoms with Crippen LogP contribution < -0.4 is 0 Å². The average molecular weight is 272 g/mol. The van der Waals surface area contributed by atoms with Crippen molar-refractivity contribution >= 4 is 16.3 Å². The Bertz CT molecular complexity index is 766. The molecule has 0 fully saturated rings. The SMILES string of the molecule is C/C(=C\C(C)c1ccccc1)c1ccc2ccccc2c1. The van der Waals surface area contributed by atoms with E-state index in [1.54, 1.807) is 0 Å². The molecule has 3 aromatic rings. The van der Waals surface area contributed by atoms with Crippen molar-refractivity contribution in [3.05, 3.63) is 90.0 Å². The third-order valence-electron chi connectivity index (χ3n) is 4.03. The maximum absolute atomic E-state index is 2.35. The van der Waals surface area contributed by atoms with Gasteiger partial charge in [0.05, 0.1) is 0 Å². The number of rotatable bonds is 3. The molecule has 0 heterocycles. The van der Waals surface area contributed by atoms with Crippen molar-refractivity contribution in [1.82, 2.24) is 0 Å². The van der Waals surface area contributed by atoms with Crippen LogP contribution in [0.25, 0.3) is 16.3 Å². The maximum Gasteiger partial charge on any atom is -0.000451 e. The summed E-state index contributed by atoms with van der Waals surface area (Å²) in [4.78, 5) is 0. The molecule has 0 aliphatic carbocycles. The summed E-state index contributed by atoms with van der Waals surface area (Å²) in [5.74, 6) is 0.428. The Morgan fingerprint density at radius 1 is 0.810 bits per heavy atom. The second-order valence-corrected chi connectivity index (χ2v) is 5.61. The molecule has 1 atom stereocenters. The van der Waals surface area contributed by atoms with E-state index >= 15 is 0 Å². The second-order valence-electron chi connectivity index (χ2n) is 5.61. The monoisotopic (exact) mass is 272 g/mol. The number of fused-ring (bicyclic) bond motifs is 1. The van der Waals surface area contributed by atoms with Gasteiger partial charge in [-0.1, -0.05) is 79.7 Å². The zero-order valence-electron chi connectivity index (χ0n) is 12.6. The predicted octanol–water partition coefficient (Wildman–Crippen LogP) is 6.05. The smallest absolute Gasteiger partial charge is 0.000451 e. The molecule has 0 aromatic heterocycles. The van der Waals surface area contributed by atoms with Gasteiger partial charge in [-0.25, -0.2) is 0 Å². The fraction of sp³-hybridized carbons (Fsp3) is 0.143. The fourth-order valence-electron chi connectivity index (χ4n) is 2.76. The van der Waals surface area contributed by atoms with Crippen LogP contribution in [0.2, 0.25) is 0 Å². The van der Waals surface area contributed by atoms with Crippen molar-refractivity contribution in [2.75, 3.05) is 0 Å². The van der Waals surface area contributed by atoms with E-state index in [2.05, 4.69) is 92.7 Å². The van der Waals surface area contributed by atoms with Crippen LogP contribution in [0.3, 0.4) is 0 Å². The zero-order valence-corrected chi connectivity index (χ0v) is 12.6. The highest BCUT2D eigenvalue weighted by molar-refractivity contribution is 5.86. The molecule has 3 aromatic carbocycles. The van der Waals surface area contributed by atoms with E-state index in [0.717, 1.165) is 0 Å². The third-order valence-corrected chi connectivity index (χ3v) is 4.03. The van der Waals surface area contributed by atoms with Gasteiger partial charge >= 0.3 is 0 Å². The molecule has 0 amide bonds. The molecule has 0 saturated carbocycles. The van der Waals surface area contributed by atoms with Gasteiger partial charge in [-0.05, 0) is 46.4 Å². The lowest BCUT2D eigenvalue weighted by molar-refractivity contribution is 0.968. The molecule has 3 rings (SSSR count). The van der Waals surface area contributed by atoms with E-state index < -0.39 is 0 Å². The zero-order chi connectivity index (χ0) is 14.7. The molecular weight excluding hydrogens is 252 g/mol. The molecule has 0 heteroatoms. The lowest BCUT2D eigenvalue weighted by Crippen LogP contribution is -1.90. The Morgan fingerprint density at radius 2 is 1.48 bits per heavy atom. The molecule has 0 aliphatic rings. The summed E-state index contributed by atoms with van der Waals surface area (Å²) in [6, 6.07) is 25.9. The molecule has 0 nitrogen and oxygen atoms in total. The molecular formula is C21H20. The Balaban J connectivity index is 1.92. The molecule has 0 saturated heterocycles. The standard InChI is InChI=1S/C21H20/c1-16(18-8-4-3-5-9-18)14-17(2)20-13-12-19-10-6-7-11-21(19)15-20/h3-16H,1-2H3/b17-14+. The minimum absolute atomic E-state index is 0.428. The summed E-state index contributed by atoms with van der Waals surface area (Å²) in [7, 11) is 0. The first kappa shape index (κ1) is 13.6. The quantitative estimate of drug-likeness (QED) is 0.544. The van der Waals surface area contributed by atoms with Crippen LogP contribution in [0.4, 0.5) is 0 Å². The van der Waals surface area contributed by atoms with Gasteiger partial charge in [0.2, 0.25) is 0 Å². The first-order valence-electron chi connectivity index (χ1n) is 7.46. The van der Waals surface area contributed by atoms with Crippen LogP contribution in [0.5, 0.6) is 0 Å². The van der Waals surface area contributed by atoms with Crippen molar-refractivity contribution in [3.63, 3.8) is 0 Å². The molecule has 0 bridgehead atoms. The van der Waals surface area contributed by atoms with Crippen molar-refractivity contribution in [1.29, 1.82) is 0 Å². The normalized spacial score (nSPS) is 13.3. The molecule has 0 spiro atoms. The second kappa shape index (κ2) is 5.97. The average Bonchev–Trinajstić information content (AvgIpc) is 2.55. The molecule has 21 heavy (non-hydrogen) atoms. The summed E-state index contributed by atoms with van der Waals surface area (Å²) >= 11 is 0. The van der Waals surface area contributed by atoms with Crippen LogP contribution in [0.1, 0.15) is 30.9 Å². The number of hydrogen-bond acceptors (Lipinski definition) is 0. The van der Waals surface area contributed by atoms with E-state index in [-0.39, 0.29) is 0 Å². The number of allylic oxidation sites excluding steroid dienone is 2. The van der Waals surface area contributed by atoms with Gasteiger partial charge < -0.3 is 0 Å². The topological polar surface area (TPSA) is 0 Å². The first-order chi connectivity index (χ1) is 10.2. The van der Waals surface area contributed by atoms with Crippen LogP contribution >= 0.6 is 0 Å². The Morgan fingerprint density at radius 3 is 2.24 bits per heavy atom. The molecule has 1 unspecified atom stereocenters. The van der Waals surface area contributed by atoms with E-state index in [0.29, 0.717) is 5.92 Å². The first-order valence-corrected chi connectivity index (χ1v) is 7.46. The van der Waals surface area contributed by atoms with Crippen LogP contribution in [0, 0.1) is 0 Å². The lowest BCUT2D eigenvalue weighted by atomic mass is 9.95. The van der Waals surface area contributed by atoms with Crippen molar-refractivity contribution < 1.29 is 0 Å². The van der Waals surface area contributed by atoms with E-state index in [4.69, 9.17) is 0 Å². The van der Waals surface area contributed by atoms with Gasteiger partial charge in [-0.2, -0.15) is 0 Å². The molecule has 104 valence electrons. The van der Waals surface area contributed by atoms with Gasteiger partial charge in [-0.3, -0.25) is 0 Å². The van der Waals surface area contributed by atoms with Gasteiger partial charge in [0.15, 0.2) is 0 Å². The van der Waals surface area contributed by atoms with Crippen molar-refractivity contribution in [3.8, 4) is 0 Å². The summed E-state index contributed by atoms with van der Waals surface area (Å²) < 4.78 is 0. The van der Waals surface area contributed by atoms with Crippen molar-refractivity contribution in [2.45, 2.75) is 19.8 Å². The molecule has 0 N–H and O–H groups in total. The lowest BCUT2D eigenvalue weighted by Gasteiger charge is -2.10. The van der Waals surface area contributed by atoms with Gasteiger partial charge in [0, 0.05) is 0 Å².